The molecule has 2 aliphatic heterocycles. The van der Waals surface area contributed by atoms with Gasteiger partial charge in [-0.3, -0.25) is 4.79 Å². The minimum Gasteiger partial charge on any atom is -0.493 e. The molecule has 0 unspecified atom stereocenters. The monoisotopic (exact) mass is 421 g/mol. The van der Waals surface area contributed by atoms with E-state index in [0.29, 0.717) is 24.3 Å². The van der Waals surface area contributed by atoms with Crippen LogP contribution in [-0.2, 0) is 9.67 Å². The molecule has 2 N–H and O–H groups in total. The number of halogens is 3. The predicted octanol–water partition coefficient (Wildman–Crippen LogP) is 3.57. The Morgan fingerprint density at radius 2 is 1.97 bits per heavy atom. The first-order chi connectivity index (χ1) is 13.8. The Hall–Kier alpha value is -2.52. The Balaban J connectivity index is 1.90. The van der Waals surface area contributed by atoms with Crippen LogP contribution in [0.1, 0.15) is 24.5 Å². The maximum Gasteiger partial charge on any atom is 0.241 e. The lowest BCUT2D eigenvalue weighted by Crippen LogP contribution is -2.51. The van der Waals surface area contributed by atoms with Gasteiger partial charge < -0.3 is 10.5 Å². The second-order valence-electron chi connectivity index (χ2n) is 6.92. The van der Waals surface area contributed by atoms with Crippen LogP contribution in [0.4, 0.5) is 13.2 Å². The molecule has 0 aromatic heterocycles. The van der Waals surface area contributed by atoms with Gasteiger partial charge in [-0.25, -0.2) is 18.2 Å². The summed E-state index contributed by atoms with van der Waals surface area (Å²) in [5.74, 6) is -2.26. The molecule has 2 aromatic carbocycles. The molecule has 0 aliphatic carbocycles. The van der Waals surface area contributed by atoms with Crippen LogP contribution in [0.5, 0.6) is 5.75 Å². The topological polar surface area (TPSA) is 67.9 Å². The van der Waals surface area contributed by atoms with E-state index in [1.54, 1.807) is 0 Å². The molecule has 2 aliphatic rings. The van der Waals surface area contributed by atoms with E-state index in [0.717, 1.165) is 30.0 Å². The first-order valence-electron chi connectivity index (χ1n) is 9.03. The van der Waals surface area contributed by atoms with Crippen molar-refractivity contribution in [1.82, 2.24) is 5.01 Å². The van der Waals surface area contributed by atoms with E-state index < -0.39 is 22.3 Å². The molecule has 152 valence electrons. The van der Waals surface area contributed by atoms with Gasteiger partial charge in [0, 0.05) is 30.0 Å². The van der Waals surface area contributed by atoms with Crippen molar-refractivity contribution in [2.24, 2.45) is 16.8 Å². The van der Waals surface area contributed by atoms with Crippen molar-refractivity contribution < 1.29 is 22.7 Å². The Labute approximate surface area is 169 Å². The summed E-state index contributed by atoms with van der Waals surface area (Å²) in [6.07, 6.45) is 0.479. The summed E-state index contributed by atoms with van der Waals surface area (Å²) >= 11 is 1.16. The van der Waals surface area contributed by atoms with Gasteiger partial charge in [0.2, 0.25) is 5.91 Å². The van der Waals surface area contributed by atoms with E-state index in [2.05, 4.69) is 5.10 Å². The van der Waals surface area contributed by atoms with Gasteiger partial charge in [0.05, 0.1) is 6.61 Å². The summed E-state index contributed by atoms with van der Waals surface area (Å²) in [4.78, 5) is 11.4. The Morgan fingerprint density at radius 1 is 1.24 bits per heavy atom. The minimum absolute atomic E-state index is 0.201. The fourth-order valence-corrected chi connectivity index (χ4v) is 5.34. The number of amides is 1. The summed E-state index contributed by atoms with van der Waals surface area (Å²) in [5, 5.41) is 5.91. The summed E-state index contributed by atoms with van der Waals surface area (Å²) in [7, 11) is 0. The highest BCUT2D eigenvalue weighted by atomic mass is 32.2. The van der Waals surface area contributed by atoms with Crippen molar-refractivity contribution in [2.45, 2.75) is 18.2 Å². The highest BCUT2D eigenvalue weighted by Crippen LogP contribution is 2.57. The van der Waals surface area contributed by atoms with Gasteiger partial charge in [-0.05, 0) is 43.3 Å². The molecule has 1 amide bonds. The fraction of sp³-hybridized carbons (Fsp3) is 0.300. The van der Waals surface area contributed by atoms with Crippen LogP contribution in [0.25, 0.3) is 0 Å². The molecule has 0 saturated heterocycles. The van der Waals surface area contributed by atoms with E-state index in [9.17, 15) is 18.0 Å². The zero-order valence-corrected chi connectivity index (χ0v) is 16.3. The van der Waals surface area contributed by atoms with Crippen molar-refractivity contribution in [2.75, 3.05) is 13.2 Å². The number of hydrogen-bond donors (Lipinski definition) is 1. The number of nitrogens with zero attached hydrogens (tertiary/aromatic N) is 2. The van der Waals surface area contributed by atoms with Crippen molar-refractivity contribution in [3.8, 4) is 5.75 Å². The van der Waals surface area contributed by atoms with E-state index in [-0.39, 0.29) is 29.0 Å². The third-order valence-electron chi connectivity index (χ3n) is 5.00. The van der Waals surface area contributed by atoms with Crippen LogP contribution >= 0.6 is 11.8 Å². The largest absolute Gasteiger partial charge is 0.493 e. The summed E-state index contributed by atoms with van der Waals surface area (Å²) in [6, 6.07) is 7.15. The van der Waals surface area contributed by atoms with Crippen molar-refractivity contribution >= 4 is 22.7 Å². The summed E-state index contributed by atoms with van der Waals surface area (Å²) in [6.45, 7) is 1.90. The zero-order chi connectivity index (χ0) is 20.8. The van der Waals surface area contributed by atoms with Crippen LogP contribution in [-0.4, -0.2) is 29.1 Å². The molecule has 0 bridgehead atoms. The highest BCUT2D eigenvalue weighted by molar-refractivity contribution is 8.15. The number of carbonyl (C=O) groups excluding carboxylic acids is 1. The van der Waals surface area contributed by atoms with E-state index in [1.807, 2.05) is 0 Å². The maximum atomic E-state index is 14.2. The third-order valence-corrected chi connectivity index (χ3v) is 6.55. The second kappa shape index (κ2) is 7.38. The number of carbonyl (C=O) groups is 1. The number of hydrazone groups is 1. The molecule has 1 spiro atoms. The molecule has 5 nitrogen and oxygen atoms in total. The molecule has 2 atom stereocenters. The van der Waals surface area contributed by atoms with Crippen LogP contribution < -0.4 is 10.5 Å². The van der Waals surface area contributed by atoms with Gasteiger partial charge in [-0.2, -0.15) is 5.10 Å². The molecular weight excluding hydrogens is 403 g/mol. The second-order valence-corrected chi connectivity index (χ2v) is 8.13. The fourth-order valence-electron chi connectivity index (χ4n) is 3.81. The van der Waals surface area contributed by atoms with Crippen molar-refractivity contribution in [3.05, 3.63) is 65.0 Å². The van der Waals surface area contributed by atoms with Crippen molar-refractivity contribution in [3.63, 3.8) is 0 Å². The maximum absolute atomic E-state index is 14.2. The molecule has 0 radical (unpaired) electrons. The Kier molecular flexibility index (Phi) is 5.04. The SMILES string of the molecule is CC(=O)N1N=C(c2cc(F)cc(F)c2)S[C@@]12c1cc(F)ccc1OC[C@@H]2CCN. The number of thioether (sulfide) groups is 1. The number of nitrogens with two attached hydrogens (primary N) is 1. The molecule has 29 heavy (non-hydrogen) atoms. The lowest BCUT2D eigenvalue weighted by molar-refractivity contribution is -0.134. The van der Waals surface area contributed by atoms with Gasteiger partial charge >= 0.3 is 0 Å². The predicted molar refractivity (Wildman–Crippen MR) is 104 cm³/mol. The van der Waals surface area contributed by atoms with Crippen LogP contribution in [0.15, 0.2) is 41.5 Å². The number of hydrogen-bond acceptors (Lipinski definition) is 5. The van der Waals surface area contributed by atoms with E-state index >= 15 is 0 Å². The Morgan fingerprint density at radius 3 is 2.62 bits per heavy atom. The highest BCUT2D eigenvalue weighted by Gasteiger charge is 2.56. The quantitative estimate of drug-likeness (QED) is 0.823. The van der Waals surface area contributed by atoms with Crippen LogP contribution in [0.2, 0.25) is 0 Å². The standard InChI is InChI=1S/C20H18F3N3O2S/c1-11(27)26-20(29-19(25-26)12-6-15(22)8-16(23)7-12)13(4-5-24)10-28-18-3-2-14(21)9-17(18)20/h2-3,6-9,13H,4-5,10,24H2,1H3/t13-,20-/m0/s1. The van der Waals surface area contributed by atoms with Crippen molar-refractivity contribution in [1.29, 1.82) is 0 Å². The molecule has 9 heteroatoms. The van der Waals surface area contributed by atoms with Gasteiger partial charge in [0.25, 0.3) is 0 Å². The average Bonchev–Trinajstić information content (AvgIpc) is 3.06. The smallest absolute Gasteiger partial charge is 0.241 e. The molecule has 0 saturated carbocycles. The lowest BCUT2D eigenvalue weighted by atomic mass is 9.86. The van der Waals surface area contributed by atoms with Gasteiger partial charge in [-0.1, -0.05) is 11.8 Å². The van der Waals surface area contributed by atoms with E-state index in [4.69, 9.17) is 10.5 Å². The Bertz CT molecular complexity index is 996. The minimum atomic E-state index is -1.13. The molecule has 2 heterocycles. The molecule has 2 aromatic rings. The molecule has 0 fully saturated rings. The van der Waals surface area contributed by atoms with Crippen LogP contribution in [0.3, 0.4) is 0 Å². The van der Waals surface area contributed by atoms with Gasteiger partial charge in [0.15, 0.2) is 4.87 Å². The van der Waals surface area contributed by atoms with E-state index in [1.165, 1.54) is 30.1 Å². The zero-order valence-electron chi connectivity index (χ0n) is 15.5. The van der Waals surface area contributed by atoms with Gasteiger partial charge in [0.1, 0.15) is 28.2 Å². The number of benzene rings is 2. The summed E-state index contributed by atoms with van der Waals surface area (Å²) < 4.78 is 47.5. The van der Waals surface area contributed by atoms with Crippen LogP contribution in [0, 0.1) is 23.4 Å². The van der Waals surface area contributed by atoms with Gasteiger partial charge in [-0.15, -0.1) is 0 Å². The number of rotatable bonds is 3. The number of ether oxygens (including phenoxy) is 1. The average molecular weight is 421 g/mol. The molecular formula is C20H18F3N3O2S. The third kappa shape index (κ3) is 3.28. The lowest BCUT2D eigenvalue weighted by Gasteiger charge is -2.45. The number of fused-ring (bicyclic) bond motifs is 2. The summed E-state index contributed by atoms with van der Waals surface area (Å²) in [5.41, 5.74) is 6.43. The first-order valence-corrected chi connectivity index (χ1v) is 9.84. The normalized spacial score (nSPS) is 23.0. The molecule has 4 rings (SSSR count). The first kappa shape index (κ1) is 19.8.